The van der Waals surface area contributed by atoms with Crippen molar-refractivity contribution in [2.45, 2.75) is 25.8 Å². The van der Waals surface area contributed by atoms with E-state index in [0.717, 1.165) is 17.4 Å². The first-order chi connectivity index (χ1) is 8.24. The summed E-state index contributed by atoms with van der Waals surface area (Å²) in [4.78, 5) is 0. The SMILES string of the molecule is C[C@H]1C[C@@H]1c1ccc(CNC=C(C#N)C#N)o1. The molecule has 17 heavy (non-hydrogen) atoms. The molecule has 2 atom stereocenters. The molecule has 1 fully saturated rings. The van der Waals surface area contributed by atoms with Crippen molar-refractivity contribution in [3.05, 3.63) is 35.4 Å². The molecule has 0 unspecified atom stereocenters. The Balaban J connectivity index is 1.88. The van der Waals surface area contributed by atoms with E-state index in [-0.39, 0.29) is 5.57 Å². The summed E-state index contributed by atoms with van der Waals surface area (Å²) >= 11 is 0. The van der Waals surface area contributed by atoms with Crippen LogP contribution in [-0.2, 0) is 6.54 Å². The maximum absolute atomic E-state index is 8.53. The Kier molecular flexibility index (Phi) is 3.16. The third-order valence-corrected chi connectivity index (χ3v) is 2.92. The molecular formula is C13H13N3O. The summed E-state index contributed by atoms with van der Waals surface area (Å²) in [6, 6.07) is 7.50. The molecule has 2 rings (SSSR count). The van der Waals surface area contributed by atoms with E-state index in [1.165, 1.54) is 12.6 Å². The normalized spacial score (nSPS) is 21.1. The van der Waals surface area contributed by atoms with E-state index in [1.807, 2.05) is 12.1 Å². The standard InChI is InChI=1S/C13H13N3O/c1-9-4-12(9)13-3-2-11(17-13)8-16-7-10(5-14)6-15/h2-3,7,9,12,16H,4,8H2,1H3/t9-,12-/m0/s1. The van der Waals surface area contributed by atoms with Crippen LogP contribution in [0, 0.1) is 28.6 Å². The molecule has 0 amide bonds. The van der Waals surface area contributed by atoms with Gasteiger partial charge in [-0.15, -0.1) is 0 Å². The van der Waals surface area contributed by atoms with E-state index in [4.69, 9.17) is 14.9 Å². The highest BCUT2D eigenvalue weighted by Gasteiger charge is 2.36. The second-order valence-electron chi connectivity index (χ2n) is 4.29. The molecule has 86 valence electrons. The molecule has 0 aromatic carbocycles. The first-order valence-corrected chi connectivity index (χ1v) is 5.57. The van der Waals surface area contributed by atoms with Gasteiger partial charge in [0.25, 0.3) is 0 Å². The van der Waals surface area contributed by atoms with Crippen LogP contribution < -0.4 is 5.32 Å². The maximum atomic E-state index is 8.53. The topological polar surface area (TPSA) is 72.8 Å². The molecule has 0 bridgehead atoms. The minimum Gasteiger partial charge on any atom is -0.464 e. The highest BCUT2D eigenvalue weighted by atomic mass is 16.3. The third-order valence-electron chi connectivity index (χ3n) is 2.92. The number of furan rings is 1. The van der Waals surface area contributed by atoms with Crippen molar-refractivity contribution in [2.24, 2.45) is 5.92 Å². The minimum atomic E-state index is 0.0626. The number of allylic oxidation sites excluding steroid dienone is 1. The highest BCUT2D eigenvalue weighted by Crippen LogP contribution is 2.47. The number of nitriles is 2. The molecule has 1 aromatic rings. The summed E-state index contributed by atoms with van der Waals surface area (Å²) < 4.78 is 5.67. The van der Waals surface area contributed by atoms with Gasteiger partial charge in [0.2, 0.25) is 0 Å². The number of hydrogen-bond acceptors (Lipinski definition) is 4. The van der Waals surface area contributed by atoms with Gasteiger partial charge in [-0.1, -0.05) is 6.92 Å². The van der Waals surface area contributed by atoms with Crippen LogP contribution in [0.4, 0.5) is 0 Å². The molecule has 4 heteroatoms. The van der Waals surface area contributed by atoms with Crippen molar-refractivity contribution in [1.29, 1.82) is 10.5 Å². The smallest absolute Gasteiger partial charge is 0.145 e. The van der Waals surface area contributed by atoms with E-state index in [0.29, 0.717) is 12.5 Å². The Morgan fingerprint density at radius 2 is 2.24 bits per heavy atom. The van der Waals surface area contributed by atoms with E-state index >= 15 is 0 Å². The van der Waals surface area contributed by atoms with Crippen molar-refractivity contribution in [3.8, 4) is 12.1 Å². The fourth-order valence-electron chi connectivity index (χ4n) is 1.75. The number of nitrogens with zero attached hydrogens (tertiary/aromatic N) is 2. The lowest BCUT2D eigenvalue weighted by molar-refractivity contribution is 0.455. The molecule has 1 aliphatic carbocycles. The van der Waals surface area contributed by atoms with Crippen LogP contribution in [0.5, 0.6) is 0 Å². The molecule has 0 radical (unpaired) electrons. The average Bonchev–Trinajstić information content (AvgIpc) is 2.89. The van der Waals surface area contributed by atoms with E-state index in [9.17, 15) is 0 Å². The lowest BCUT2D eigenvalue weighted by atomic mass is 10.3. The Bertz CT molecular complexity index is 500. The zero-order valence-corrected chi connectivity index (χ0v) is 9.60. The van der Waals surface area contributed by atoms with Crippen molar-refractivity contribution >= 4 is 0 Å². The molecule has 0 saturated heterocycles. The number of hydrogen-bond donors (Lipinski definition) is 1. The van der Waals surface area contributed by atoms with Crippen LogP contribution in [0.25, 0.3) is 0 Å². The Hall–Kier alpha value is -2.20. The summed E-state index contributed by atoms with van der Waals surface area (Å²) in [6.07, 6.45) is 2.61. The summed E-state index contributed by atoms with van der Waals surface area (Å²) in [6.45, 7) is 2.70. The lowest BCUT2D eigenvalue weighted by Gasteiger charge is -1.97. The number of nitrogens with one attached hydrogen (secondary N) is 1. The molecule has 1 saturated carbocycles. The van der Waals surface area contributed by atoms with Gasteiger partial charge in [-0.05, 0) is 24.5 Å². The van der Waals surface area contributed by atoms with Gasteiger partial charge in [0.05, 0.1) is 6.54 Å². The van der Waals surface area contributed by atoms with Gasteiger partial charge in [0.1, 0.15) is 29.2 Å². The van der Waals surface area contributed by atoms with Crippen molar-refractivity contribution in [3.63, 3.8) is 0 Å². The van der Waals surface area contributed by atoms with Crippen molar-refractivity contribution in [1.82, 2.24) is 5.32 Å². The summed E-state index contributed by atoms with van der Waals surface area (Å²) in [5.41, 5.74) is 0.0626. The molecule has 0 aliphatic heterocycles. The van der Waals surface area contributed by atoms with Gasteiger partial charge in [-0.25, -0.2) is 0 Å². The Labute approximate surface area is 100 Å². The van der Waals surface area contributed by atoms with Crippen LogP contribution >= 0.6 is 0 Å². The summed E-state index contributed by atoms with van der Waals surface area (Å²) in [7, 11) is 0. The van der Waals surface area contributed by atoms with Gasteiger partial charge in [-0.3, -0.25) is 0 Å². The molecule has 1 N–H and O–H groups in total. The molecule has 1 heterocycles. The fourth-order valence-corrected chi connectivity index (χ4v) is 1.75. The average molecular weight is 227 g/mol. The van der Waals surface area contributed by atoms with Gasteiger partial charge in [0, 0.05) is 12.1 Å². The first kappa shape index (κ1) is 11.3. The quantitative estimate of drug-likeness (QED) is 0.802. The zero-order valence-electron chi connectivity index (χ0n) is 9.60. The predicted octanol–water partition coefficient (Wildman–Crippen LogP) is 2.42. The summed E-state index contributed by atoms with van der Waals surface area (Å²) in [5, 5.41) is 20.0. The maximum Gasteiger partial charge on any atom is 0.145 e. The van der Waals surface area contributed by atoms with Crippen LogP contribution in [0.1, 0.15) is 30.8 Å². The van der Waals surface area contributed by atoms with Crippen LogP contribution in [-0.4, -0.2) is 0 Å². The Morgan fingerprint density at radius 1 is 1.53 bits per heavy atom. The molecule has 0 spiro atoms. The first-order valence-electron chi connectivity index (χ1n) is 5.57. The highest BCUT2D eigenvalue weighted by molar-refractivity contribution is 5.34. The Morgan fingerprint density at radius 3 is 2.82 bits per heavy atom. The van der Waals surface area contributed by atoms with E-state index in [1.54, 1.807) is 12.1 Å². The van der Waals surface area contributed by atoms with E-state index < -0.39 is 0 Å². The number of rotatable bonds is 4. The van der Waals surface area contributed by atoms with E-state index in [2.05, 4.69) is 12.2 Å². The summed E-state index contributed by atoms with van der Waals surface area (Å²) in [5.74, 6) is 3.17. The van der Waals surface area contributed by atoms with Crippen LogP contribution in [0.15, 0.2) is 28.3 Å². The van der Waals surface area contributed by atoms with Crippen molar-refractivity contribution < 1.29 is 4.42 Å². The molecule has 1 aromatic heterocycles. The van der Waals surface area contributed by atoms with Crippen LogP contribution in [0.3, 0.4) is 0 Å². The lowest BCUT2D eigenvalue weighted by Crippen LogP contribution is -2.04. The molecular weight excluding hydrogens is 214 g/mol. The van der Waals surface area contributed by atoms with Gasteiger partial charge in [-0.2, -0.15) is 10.5 Å². The van der Waals surface area contributed by atoms with Gasteiger partial charge in [0.15, 0.2) is 0 Å². The second kappa shape index (κ2) is 4.76. The monoisotopic (exact) mass is 227 g/mol. The minimum absolute atomic E-state index is 0.0626. The zero-order chi connectivity index (χ0) is 12.3. The third kappa shape index (κ3) is 2.68. The second-order valence-corrected chi connectivity index (χ2v) is 4.29. The van der Waals surface area contributed by atoms with Crippen molar-refractivity contribution in [2.75, 3.05) is 0 Å². The van der Waals surface area contributed by atoms with Gasteiger partial charge >= 0.3 is 0 Å². The van der Waals surface area contributed by atoms with Crippen LogP contribution in [0.2, 0.25) is 0 Å². The predicted molar refractivity (Wildman–Crippen MR) is 61.4 cm³/mol. The largest absolute Gasteiger partial charge is 0.464 e. The fraction of sp³-hybridized carbons (Fsp3) is 0.385. The van der Waals surface area contributed by atoms with Gasteiger partial charge < -0.3 is 9.73 Å². The molecule has 1 aliphatic rings. The molecule has 4 nitrogen and oxygen atoms in total.